The van der Waals surface area contributed by atoms with Gasteiger partial charge in [0.15, 0.2) is 12.6 Å². The molecular weight excluding hydrogens is 500 g/mol. The Kier molecular flexibility index (Phi) is 7.98. The van der Waals surface area contributed by atoms with Gasteiger partial charge in [-0.1, -0.05) is 20.3 Å². The Morgan fingerprint density at radius 1 is 0.763 bits per heavy atom. The minimum atomic E-state index is -1.47. The van der Waals surface area contributed by atoms with Gasteiger partial charge >= 0.3 is 0 Å². The van der Waals surface area contributed by atoms with Crippen molar-refractivity contribution >= 4 is 0 Å². The molecule has 38 heavy (non-hydrogen) atoms. The van der Waals surface area contributed by atoms with E-state index in [4.69, 9.17) is 18.9 Å². The fourth-order valence-corrected chi connectivity index (χ4v) is 8.28. The molecule has 11 nitrogen and oxygen atoms in total. The monoisotopic (exact) mass is 546 g/mol. The third-order valence-electron chi connectivity index (χ3n) is 10.7. The summed E-state index contributed by atoms with van der Waals surface area (Å²) in [4.78, 5) is 0. The van der Waals surface area contributed by atoms with Crippen molar-refractivity contribution in [3.05, 3.63) is 0 Å². The molecule has 0 bridgehead atoms. The average Bonchev–Trinajstić information content (AvgIpc) is 3.32. The summed E-state index contributed by atoms with van der Waals surface area (Å²) in [5, 5.41) is 71.1. The predicted octanol–water partition coefficient (Wildman–Crippen LogP) is -0.886. The zero-order chi connectivity index (χ0) is 27.7. The second-order valence-corrected chi connectivity index (χ2v) is 13.0. The largest absolute Gasteiger partial charge is 0.394 e. The molecule has 2 saturated heterocycles. The van der Waals surface area contributed by atoms with E-state index >= 15 is 0 Å². The van der Waals surface area contributed by atoms with Crippen LogP contribution in [-0.2, 0) is 18.9 Å². The van der Waals surface area contributed by atoms with Gasteiger partial charge in [0, 0.05) is 0 Å². The molecule has 0 unspecified atom stereocenters. The standard InChI is InChI=1S/C27H46O11/c1-11-5-6-13-16(11)17-14(7-8-27(13,4)38-25-23(34)20(31)18(29)12(2)36-25)26(17,3)10-35-24-22(33)21(32)19(30)15(9-28)37-24/h11-25,28-34H,5-10H2,1-4H3/t11-,12-,13-,14-,15-,16+,17-,18+,19-,20+,21+,22-,23-,24-,25+,26+,27-/m1/s1. The normalized spacial score (nSPS) is 58.7. The van der Waals surface area contributed by atoms with Crippen molar-refractivity contribution in [1.82, 2.24) is 0 Å². The SMILES string of the molecule is C[C@@H]1CC[C@@H]2[C@H]1[C@H]1[C@@H](CC[C@@]2(C)O[C@@H]2O[C@H](C)[C@H](O)[C@H](O)[C@H]2O)[C@]1(C)CO[C@@H]1O[C@H](CO)[C@@H](O)[C@H](O)[C@H]1O. The minimum absolute atomic E-state index is 0.169. The van der Waals surface area contributed by atoms with Crippen LogP contribution in [0.5, 0.6) is 0 Å². The average molecular weight is 547 g/mol. The summed E-state index contributed by atoms with van der Waals surface area (Å²) in [7, 11) is 0. The first-order valence-electron chi connectivity index (χ1n) is 14.1. The van der Waals surface area contributed by atoms with E-state index in [1.54, 1.807) is 6.92 Å². The fraction of sp³-hybridized carbons (Fsp3) is 1.00. The number of hydrogen-bond acceptors (Lipinski definition) is 11. The summed E-state index contributed by atoms with van der Waals surface area (Å²) in [6, 6.07) is 0. The van der Waals surface area contributed by atoms with Gasteiger partial charge in [-0.3, -0.25) is 0 Å². The molecule has 0 aromatic rings. The lowest BCUT2D eigenvalue weighted by atomic mass is 9.74. The zero-order valence-electron chi connectivity index (χ0n) is 22.7. The molecule has 0 amide bonds. The quantitative estimate of drug-likeness (QED) is 0.220. The molecule has 5 rings (SSSR count). The highest BCUT2D eigenvalue weighted by atomic mass is 16.7. The van der Waals surface area contributed by atoms with E-state index < -0.39 is 73.6 Å². The second-order valence-electron chi connectivity index (χ2n) is 13.0. The van der Waals surface area contributed by atoms with Crippen LogP contribution >= 0.6 is 0 Å². The van der Waals surface area contributed by atoms with Gasteiger partial charge < -0.3 is 54.7 Å². The molecule has 0 radical (unpaired) electrons. The van der Waals surface area contributed by atoms with Crippen molar-refractivity contribution in [2.45, 2.75) is 120 Å². The molecule has 0 spiro atoms. The third-order valence-corrected chi connectivity index (χ3v) is 10.7. The smallest absolute Gasteiger partial charge is 0.187 e. The van der Waals surface area contributed by atoms with Crippen molar-refractivity contribution < 1.29 is 54.7 Å². The Morgan fingerprint density at radius 2 is 1.42 bits per heavy atom. The van der Waals surface area contributed by atoms with E-state index in [0.29, 0.717) is 30.3 Å². The number of hydrogen-bond donors (Lipinski definition) is 7. The van der Waals surface area contributed by atoms with Crippen LogP contribution in [0, 0.1) is 35.0 Å². The molecule has 220 valence electrons. The maximum atomic E-state index is 10.6. The first kappa shape index (κ1) is 29.1. The molecule has 5 aliphatic rings. The summed E-state index contributed by atoms with van der Waals surface area (Å²) >= 11 is 0. The molecule has 5 fully saturated rings. The Morgan fingerprint density at radius 3 is 2.11 bits per heavy atom. The highest BCUT2D eigenvalue weighted by Crippen LogP contribution is 2.72. The van der Waals surface area contributed by atoms with Crippen molar-refractivity contribution in [3.63, 3.8) is 0 Å². The van der Waals surface area contributed by atoms with Gasteiger partial charge in [-0.25, -0.2) is 0 Å². The Bertz CT molecular complexity index is 844. The number of fused-ring (bicyclic) bond motifs is 3. The van der Waals surface area contributed by atoms with Crippen LogP contribution in [0.15, 0.2) is 0 Å². The highest BCUT2D eigenvalue weighted by molar-refractivity contribution is 5.17. The first-order valence-corrected chi connectivity index (χ1v) is 14.1. The van der Waals surface area contributed by atoms with Crippen molar-refractivity contribution in [2.24, 2.45) is 35.0 Å². The maximum Gasteiger partial charge on any atom is 0.187 e. The lowest BCUT2D eigenvalue weighted by molar-refractivity contribution is -0.327. The Hall–Kier alpha value is -0.440. The molecular formula is C27H46O11. The Labute approximate surface area is 223 Å². The van der Waals surface area contributed by atoms with Gasteiger partial charge in [0.2, 0.25) is 0 Å². The van der Waals surface area contributed by atoms with Crippen LogP contribution in [0.3, 0.4) is 0 Å². The van der Waals surface area contributed by atoms with E-state index in [1.807, 2.05) is 0 Å². The molecule has 17 atom stereocenters. The lowest BCUT2D eigenvalue weighted by Crippen LogP contribution is -2.60. The van der Waals surface area contributed by atoms with Crippen LogP contribution in [0.1, 0.15) is 53.4 Å². The van der Waals surface area contributed by atoms with Crippen molar-refractivity contribution in [3.8, 4) is 0 Å². The lowest BCUT2D eigenvalue weighted by Gasteiger charge is -2.46. The van der Waals surface area contributed by atoms with Gasteiger partial charge in [0.25, 0.3) is 0 Å². The number of ether oxygens (including phenoxy) is 4. The molecule has 3 aliphatic carbocycles. The molecule has 3 saturated carbocycles. The number of aliphatic hydroxyl groups is 7. The Balaban J connectivity index is 1.28. The van der Waals surface area contributed by atoms with Crippen LogP contribution in [0.25, 0.3) is 0 Å². The molecule has 7 N–H and O–H groups in total. The summed E-state index contributed by atoms with van der Waals surface area (Å²) < 4.78 is 23.9. The van der Waals surface area contributed by atoms with Crippen molar-refractivity contribution in [2.75, 3.05) is 13.2 Å². The minimum Gasteiger partial charge on any atom is -0.394 e. The summed E-state index contributed by atoms with van der Waals surface area (Å²) in [6.45, 7) is 7.99. The predicted molar refractivity (Wildman–Crippen MR) is 131 cm³/mol. The number of aliphatic hydroxyl groups excluding tert-OH is 7. The number of rotatable bonds is 6. The van der Waals surface area contributed by atoms with E-state index in [-0.39, 0.29) is 11.3 Å². The van der Waals surface area contributed by atoms with Gasteiger partial charge in [-0.15, -0.1) is 0 Å². The topological polar surface area (TPSA) is 179 Å². The maximum absolute atomic E-state index is 10.6. The van der Waals surface area contributed by atoms with Crippen LogP contribution in [0.4, 0.5) is 0 Å². The third kappa shape index (κ3) is 4.65. The van der Waals surface area contributed by atoms with Crippen molar-refractivity contribution in [1.29, 1.82) is 0 Å². The van der Waals surface area contributed by atoms with Gasteiger partial charge in [0.05, 0.1) is 24.9 Å². The van der Waals surface area contributed by atoms with E-state index in [2.05, 4.69) is 20.8 Å². The highest BCUT2D eigenvalue weighted by Gasteiger charge is 2.70. The van der Waals surface area contributed by atoms with Crippen LogP contribution < -0.4 is 0 Å². The molecule has 0 aromatic heterocycles. The zero-order valence-corrected chi connectivity index (χ0v) is 22.7. The molecule has 0 aromatic carbocycles. The van der Waals surface area contributed by atoms with Gasteiger partial charge in [-0.05, 0) is 68.1 Å². The van der Waals surface area contributed by atoms with E-state index in [0.717, 1.165) is 25.7 Å². The first-order chi connectivity index (χ1) is 17.8. The van der Waals surface area contributed by atoms with E-state index in [9.17, 15) is 35.7 Å². The molecule has 2 heterocycles. The summed E-state index contributed by atoms with van der Waals surface area (Å²) in [6.07, 6.45) is -8.41. The van der Waals surface area contributed by atoms with E-state index in [1.165, 1.54) is 0 Å². The fourth-order valence-electron chi connectivity index (χ4n) is 8.28. The van der Waals surface area contributed by atoms with Crippen LogP contribution in [0.2, 0.25) is 0 Å². The van der Waals surface area contributed by atoms with Gasteiger partial charge in [0.1, 0.15) is 42.7 Å². The molecule has 11 heteroatoms. The summed E-state index contributed by atoms with van der Waals surface area (Å²) in [5.41, 5.74) is -0.743. The van der Waals surface area contributed by atoms with Gasteiger partial charge in [-0.2, -0.15) is 0 Å². The van der Waals surface area contributed by atoms with Crippen LogP contribution in [-0.4, -0.2) is 116 Å². The second kappa shape index (κ2) is 10.4. The summed E-state index contributed by atoms with van der Waals surface area (Å²) in [5.74, 6) is 1.69. The molecule has 2 aliphatic heterocycles.